The van der Waals surface area contributed by atoms with E-state index in [1.807, 2.05) is 0 Å². The highest BCUT2D eigenvalue weighted by molar-refractivity contribution is 7.89. The topological polar surface area (TPSA) is 97.4 Å². The summed E-state index contributed by atoms with van der Waals surface area (Å²) >= 11 is 0. The van der Waals surface area contributed by atoms with Gasteiger partial charge in [-0.3, -0.25) is 5.84 Å². The fourth-order valence-corrected chi connectivity index (χ4v) is 2.66. The maximum atomic E-state index is 12.1. The molecule has 0 aliphatic carbocycles. The first-order chi connectivity index (χ1) is 8.63. The van der Waals surface area contributed by atoms with Crippen LogP contribution in [-0.4, -0.2) is 8.42 Å². The van der Waals surface area contributed by atoms with E-state index in [2.05, 4.69) is 10.1 Å². The molecule has 0 aliphatic rings. The van der Waals surface area contributed by atoms with Crippen LogP contribution in [0, 0.1) is 0 Å². The van der Waals surface area contributed by atoms with E-state index >= 15 is 0 Å². The van der Waals surface area contributed by atoms with Crippen molar-refractivity contribution < 1.29 is 12.8 Å². The first-order valence-electron chi connectivity index (χ1n) is 5.20. The van der Waals surface area contributed by atoms with Crippen LogP contribution < -0.4 is 16.0 Å². The zero-order valence-corrected chi connectivity index (χ0v) is 10.3. The number of rotatable bonds is 5. The van der Waals surface area contributed by atoms with Gasteiger partial charge in [-0.1, -0.05) is 12.1 Å². The molecule has 0 amide bonds. The van der Waals surface area contributed by atoms with Crippen molar-refractivity contribution in [3.8, 4) is 0 Å². The Hall–Kier alpha value is -1.83. The van der Waals surface area contributed by atoms with Crippen LogP contribution in [0.1, 0.15) is 5.56 Å². The van der Waals surface area contributed by atoms with Gasteiger partial charge in [0.2, 0.25) is 10.0 Å². The van der Waals surface area contributed by atoms with Crippen molar-refractivity contribution in [3.63, 3.8) is 0 Å². The minimum Gasteiger partial charge on any atom is -0.472 e. The predicted molar refractivity (Wildman–Crippen MR) is 67.0 cm³/mol. The molecule has 0 aliphatic heterocycles. The minimum absolute atomic E-state index is 0.107. The molecule has 4 N–H and O–H groups in total. The second-order valence-electron chi connectivity index (χ2n) is 3.60. The molecule has 1 aromatic heterocycles. The normalized spacial score (nSPS) is 11.4. The summed E-state index contributed by atoms with van der Waals surface area (Å²) in [6.45, 7) is 0.164. The van der Waals surface area contributed by atoms with Gasteiger partial charge in [0.1, 0.15) is 4.90 Å². The number of hydrazine groups is 1. The van der Waals surface area contributed by atoms with Gasteiger partial charge in [-0.2, -0.15) is 0 Å². The van der Waals surface area contributed by atoms with Gasteiger partial charge in [0, 0.05) is 12.1 Å². The Morgan fingerprint density at radius 3 is 2.67 bits per heavy atom. The van der Waals surface area contributed by atoms with Gasteiger partial charge in [-0.25, -0.2) is 13.1 Å². The Morgan fingerprint density at radius 2 is 2.00 bits per heavy atom. The van der Waals surface area contributed by atoms with Crippen LogP contribution in [0.3, 0.4) is 0 Å². The summed E-state index contributed by atoms with van der Waals surface area (Å²) in [5, 5.41) is 0. The van der Waals surface area contributed by atoms with Crippen molar-refractivity contribution in [1.82, 2.24) is 4.72 Å². The van der Waals surface area contributed by atoms with Crippen LogP contribution in [0.2, 0.25) is 0 Å². The Morgan fingerprint density at radius 1 is 1.22 bits per heavy atom. The van der Waals surface area contributed by atoms with E-state index < -0.39 is 10.0 Å². The highest BCUT2D eigenvalue weighted by Crippen LogP contribution is 2.19. The highest BCUT2D eigenvalue weighted by Gasteiger charge is 2.17. The van der Waals surface area contributed by atoms with E-state index in [4.69, 9.17) is 10.3 Å². The molecule has 7 heteroatoms. The van der Waals surface area contributed by atoms with Gasteiger partial charge in [-0.05, 0) is 18.2 Å². The SMILES string of the molecule is NNc1ccccc1S(=O)(=O)NCc1ccoc1. The number of para-hydroxylation sites is 1. The molecule has 0 unspecified atom stereocenters. The van der Waals surface area contributed by atoms with Crippen LogP contribution in [-0.2, 0) is 16.6 Å². The van der Waals surface area contributed by atoms with Crippen LogP contribution in [0.25, 0.3) is 0 Å². The van der Waals surface area contributed by atoms with Gasteiger partial charge in [0.15, 0.2) is 0 Å². The van der Waals surface area contributed by atoms with E-state index in [1.54, 1.807) is 24.3 Å². The fourth-order valence-electron chi connectivity index (χ4n) is 1.47. The number of anilines is 1. The number of furan rings is 1. The molecule has 1 heterocycles. The lowest BCUT2D eigenvalue weighted by Gasteiger charge is -2.10. The molecule has 0 bridgehead atoms. The maximum Gasteiger partial charge on any atom is 0.242 e. The smallest absolute Gasteiger partial charge is 0.242 e. The third-order valence-electron chi connectivity index (χ3n) is 2.38. The third kappa shape index (κ3) is 2.70. The Balaban J connectivity index is 2.20. The van der Waals surface area contributed by atoms with Gasteiger partial charge in [-0.15, -0.1) is 0 Å². The molecule has 0 spiro atoms. The maximum absolute atomic E-state index is 12.1. The second kappa shape index (κ2) is 5.21. The molecule has 0 saturated carbocycles. The Kier molecular flexibility index (Phi) is 3.66. The summed E-state index contributed by atoms with van der Waals surface area (Å²) in [5.74, 6) is 5.28. The summed E-state index contributed by atoms with van der Waals surface area (Å²) < 4.78 is 31.5. The molecule has 6 nitrogen and oxygen atoms in total. The fraction of sp³-hybridized carbons (Fsp3) is 0.0909. The van der Waals surface area contributed by atoms with Crippen LogP contribution >= 0.6 is 0 Å². The van der Waals surface area contributed by atoms with Crippen molar-refractivity contribution in [2.75, 3.05) is 5.43 Å². The first kappa shape index (κ1) is 12.6. The Labute approximate surface area is 105 Å². The van der Waals surface area contributed by atoms with E-state index in [-0.39, 0.29) is 11.4 Å². The molecular weight excluding hydrogens is 254 g/mol. The monoisotopic (exact) mass is 267 g/mol. The molecule has 1 aromatic carbocycles. The molecule has 2 rings (SSSR count). The lowest BCUT2D eigenvalue weighted by Crippen LogP contribution is -2.24. The minimum atomic E-state index is -3.61. The van der Waals surface area contributed by atoms with Gasteiger partial charge in [0.05, 0.1) is 18.2 Å². The molecule has 0 fully saturated rings. The second-order valence-corrected chi connectivity index (χ2v) is 5.33. The number of nitrogens with two attached hydrogens (primary N) is 1. The van der Waals surface area contributed by atoms with Crippen molar-refractivity contribution in [3.05, 3.63) is 48.4 Å². The summed E-state index contributed by atoms with van der Waals surface area (Å²) in [6, 6.07) is 8.09. The largest absolute Gasteiger partial charge is 0.472 e. The highest BCUT2D eigenvalue weighted by atomic mass is 32.2. The number of hydrogen-bond donors (Lipinski definition) is 3. The van der Waals surface area contributed by atoms with Crippen molar-refractivity contribution in [1.29, 1.82) is 0 Å². The molecular formula is C11H13N3O3S. The molecule has 96 valence electrons. The lowest BCUT2D eigenvalue weighted by atomic mass is 10.3. The number of benzene rings is 1. The standard InChI is InChI=1S/C11H13N3O3S/c12-14-10-3-1-2-4-11(10)18(15,16)13-7-9-5-6-17-8-9/h1-6,8,13-14H,7,12H2. The number of sulfonamides is 1. The number of nitrogen functional groups attached to an aromatic ring is 1. The average Bonchev–Trinajstić information content (AvgIpc) is 2.89. The third-order valence-corrected chi connectivity index (χ3v) is 3.84. The summed E-state index contributed by atoms with van der Waals surface area (Å²) in [7, 11) is -3.61. The Bertz CT molecular complexity index is 608. The van der Waals surface area contributed by atoms with Crippen molar-refractivity contribution >= 4 is 15.7 Å². The van der Waals surface area contributed by atoms with Crippen LogP contribution in [0.15, 0.2) is 52.2 Å². The van der Waals surface area contributed by atoms with E-state index in [0.29, 0.717) is 5.69 Å². The average molecular weight is 267 g/mol. The predicted octanol–water partition coefficient (Wildman–Crippen LogP) is 1.04. The quantitative estimate of drug-likeness (QED) is 0.555. The molecule has 0 atom stereocenters. The molecule has 18 heavy (non-hydrogen) atoms. The van der Waals surface area contributed by atoms with E-state index in [1.165, 1.54) is 18.6 Å². The van der Waals surface area contributed by atoms with Crippen LogP contribution in [0.4, 0.5) is 5.69 Å². The number of nitrogens with one attached hydrogen (secondary N) is 2. The summed E-state index contributed by atoms with van der Waals surface area (Å²) in [4.78, 5) is 0.107. The van der Waals surface area contributed by atoms with E-state index in [9.17, 15) is 8.42 Å². The van der Waals surface area contributed by atoms with Gasteiger partial charge >= 0.3 is 0 Å². The number of hydrogen-bond acceptors (Lipinski definition) is 5. The first-order valence-corrected chi connectivity index (χ1v) is 6.68. The van der Waals surface area contributed by atoms with Crippen LogP contribution in [0.5, 0.6) is 0 Å². The zero-order chi connectivity index (χ0) is 13.0. The van der Waals surface area contributed by atoms with Gasteiger partial charge in [0.25, 0.3) is 0 Å². The summed E-state index contributed by atoms with van der Waals surface area (Å²) in [6.07, 6.45) is 2.97. The molecule has 0 radical (unpaired) electrons. The molecule has 0 saturated heterocycles. The molecule has 2 aromatic rings. The lowest BCUT2D eigenvalue weighted by molar-refractivity contribution is 0.561. The van der Waals surface area contributed by atoms with Crippen molar-refractivity contribution in [2.24, 2.45) is 5.84 Å². The van der Waals surface area contributed by atoms with E-state index in [0.717, 1.165) is 5.56 Å². The summed E-state index contributed by atoms with van der Waals surface area (Å²) in [5.41, 5.74) is 3.45. The zero-order valence-electron chi connectivity index (χ0n) is 9.46. The van der Waals surface area contributed by atoms with Crippen molar-refractivity contribution in [2.45, 2.75) is 11.4 Å². The van der Waals surface area contributed by atoms with Gasteiger partial charge < -0.3 is 9.84 Å².